The monoisotopic (exact) mass is 527 g/mol. The lowest BCUT2D eigenvalue weighted by molar-refractivity contribution is -0.141. The zero-order chi connectivity index (χ0) is 25.2. The first kappa shape index (κ1) is 25.1. The molecule has 12 heteroatoms. The molecule has 0 saturated carbocycles. The van der Waals surface area contributed by atoms with Gasteiger partial charge in [0.1, 0.15) is 17.8 Å². The van der Waals surface area contributed by atoms with Gasteiger partial charge in [0.2, 0.25) is 5.95 Å². The lowest BCUT2D eigenvalue weighted by Crippen LogP contribution is -2.36. The standard InChI is InChI=1S/C23H19Cl2F4N5O/c24-15-2-1-3-16(25)21(15)17(35)10-13-4-7-30-19(11-13)32-20-12-18(23(27,28)29)31-22(33-20)34-8-5-14(26)6-9-34/h1-4,7,11-12,14H,5-6,8-10H2,(H,30,31,32,33). The molecule has 0 unspecified atom stereocenters. The van der Waals surface area contributed by atoms with Crippen molar-refractivity contribution in [3.05, 3.63) is 69.5 Å². The predicted molar refractivity (Wildman–Crippen MR) is 125 cm³/mol. The van der Waals surface area contributed by atoms with Crippen LogP contribution in [0.3, 0.4) is 0 Å². The molecule has 3 heterocycles. The number of benzene rings is 1. The third-order valence-corrected chi connectivity index (χ3v) is 6.03. The maximum Gasteiger partial charge on any atom is 0.433 e. The predicted octanol–water partition coefficient (Wildman–Crippen LogP) is 6.30. The first-order valence-electron chi connectivity index (χ1n) is 10.6. The minimum Gasteiger partial charge on any atom is -0.341 e. The fourth-order valence-corrected chi connectivity index (χ4v) is 4.26. The summed E-state index contributed by atoms with van der Waals surface area (Å²) in [5, 5.41) is 3.20. The quantitative estimate of drug-likeness (QED) is 0.299. The van der Waals surface area contributed by atoms with E-state index in [-0.39, 0.29) is 71.3 Å². The zero-order valence-corrected chi connectivity index (χ0v) is 19.6. The van der Waals surface area contributed by atoms with Crippen molar-refractivity contribution in [1.82, 2.24) is 15.0 Å². The van der Waals surface area contributed by atoms with E-state index in [1.807, 2.05) is 0 Å². The summed E-state index contributed by atoms with van der Waals surface area (Å²) in [5.74, 6) is -0.415. The van der Waals surface area contributed by atoms with Crippen molar-refractivity contribution >= 4 is 46.6 Å². The number of alkyl halides is 4. The van der Waals surface area contributed by atoms with E-state index in [0.29, 0.717) is 5.56 Å². The van der Waals surface area contributed by atoms with Crippen LogP contribution in [0.1, 0.15) is 34.5 Å². The van der Waals surface area contributed by atoms with Crippen LogP contribution in [0.2, 0.25) is 10.0 Å². The molecule has 2 aromatic heterocycles. The van der Waals surface area contributed by atoms with Crippen molar-refractivity contribution in [3.63, 3.8) is 0 Å². The number of rotatable bonds is 6. The molecule has 35 heavy (non-hydrogen) atoms. The van der Waals surface area contributed by atoms with Crippen molar-refractivity contribution < 1.29 is 22.4 Å². The van der Waals surface area contributed by atoms with E-state index in [2.05, 4.69) is 20.3 Å². The Kier molecular flexibility index (Phi) is 7.42. The molecule has 6 nitrogen and oxygen atoms in total. The van der Waals surface area contributed by atoms with Crippen LogP contribution in [-0.4, -0.2) is 40.0 Å². The molecule has 3 aromatic rings. The molecular weight excluding hydrogens is 509 g/mol. The van der Waals surface area contributed by atoms with Gasteiger partial charge in [-0.15, -0.1) is 0 Å². The van der Waals surface area contributed by atoms with Crippen LogP contribution < -0.4 is 10.2 Å². The fourth-order valence-electron chi connectivity index (χ4n) is 3.65. The molecule has 0 radical (unpaired) electrons. The second-order valence-corrected chi connectivity index (χ2v) is 8.78. The van der Waals surface area contributed by atoms with Gasteiger partial charge in [-0.3, -0.25) is 4.79 Å². The number of anilines is 3. The summed E-state index contributed by atoms with van der Waals surface area (Å²) >= 11 is 12.2. The van der Waals surface area contributed by atoms with E-state index in [9.17, 15) is 22.4 Å². The lowest BCUT2D eigenvalue weighted by atomic mass is 10.0. The number of ketones is 1. The van der Waals surface area contributed by atoms with Crippen LogP contribution in [0.5, 0.6) is 0 Å². The van der Waals surface area contributed by atoms with Crippen molar-refractivity contribution in [3.8, 4) is 0 Å². The summed E-state index contributed by atoms with van der Waals surface area (Å²) in [6.07, 6.45) is -3.96. The van der Waals surface area contributed by atoms with Gasteiger partial charge in [0.25, 0.3) is 0 Å². The molecule has 0 spiro atoms. The summed E-state index contributed by atoms with van der Waals surface area (Å²) in [4.78, 5) is 26.2. The first-order chi connectivity index (χ1) is 16.6. The summed E-state index contributed by atoms with van der Waals surface area (Å²) < 4.78 is 53.9. The molecule has 0 amide bonds. The van der Waals surface area contributed by atoms with Gasteiger partial charge < -0.3 is 10.2 Å². The third kappa shape index (κ3) is 6.18. The summed E-state index contributed by atoms with van der Waals surface area (Å²) in [6, 6.07) is 8.63. The maximum atomic E-state index is 13.5. The van der Waals surface area contributed by atoms with E-state index in [0.717, 1.165) is 6.07 Å². The first-order valence-corrected chi connectivity index (χ1v) is 11.4. The van der Waals surface area contributed by atoms with Crippen molar-refractivity contribution in [2.75, 3.05) is 23.3 Å². The second-order valence-electron chi connectivity index (χ2n) is 7.97. The SMILES string of the molecule is O=C(Cc1ccnc(Nc2cc(C(F)(F)F)nc(N3CCC(F)CC3)n2)c1)c1c(Cl)cccc1Cl. The van der Waals surface area contributed by atoms with Crippen molar-refractivity contribution in [2.24, 2.45) is 0 Å². The highest BCUT2D eigenvalue weighted by Gasteiger charge is 2.35. The molecular formula is C23H19Cl2F4N5O. The summed E-state index contributed by atoms with van der Waals surface area (Å²) in [5.41, 5.74) is -0.402. The van der Waals surface area contributed by atoms with Crippen LogP contribution >= 0.6 is 23.2 Å². The summed E-state index contributed by atoms with van der Waals surface area (Å²) in [6.45, 7) is 0.421. The number of halogens is 6. The minimum atomic E-state index is -4.71. The third-order valence-electron chi connectivity index (χ3n) is 5.40. The normalized spacial score (nSPS) is 14.7. The number of piperidine rings is 1. The maximum absolute atomic E-state index is 13.5. The van der Waals surface area contributed by atoms with Crippen LogP contribution in [-0.2, 0) is 12.6 Å². The van der Waals surface area contributed by atoms with Crippen LogP contribution in [0.4, 0.5) is 35.1 Å². The molecule has 0 bridgehead atoms. The second kappa shape index (κ2) is 10.3. The van der Waals surface area contributed by atoms with Crippen molar-refractivity contribution in [1.29, 1.82) is 0 Å². The van der Waals surface area contributed by atoms with E-state index < -0.39 is 18.0 Å². The average Bonchev–Trinajstić information content (AvgIpc) is 2.79. The smallest absolute Gasteiger partial charge is 0.341 e. The molecule has 1 aliphatic rings. The fraction of sp³-hybridized carbons (Fsp3) is 0.304. The van der Waals surface area contributed by atoms with E-state index >= 15 is 0 Å². The number of carbonyl (C=O) groups excluding carboxylic acids is 1. The largest absolute Gasteiger partial charge is 0.433 e. The Morgan fingerprint density at radius 3 is 2.40 bits per heavy atom. The zero-order valence-electron chi connectivity index (χ0n) is 18.1. The number of hydrogen-bond donors (Lipinski definition) is 1. The van der Waals surface area contributed by atoms with Gasteiger partial charge in [-0.25, -0.2) is 14.4 Å². The number of nitrogens with one attached hydrogen (secondary N) is 1. The van der Waals surface area contributed by atoms with E-state index in [1.165, 1.54) is 17.2 Å². The molecule has 1 aliphatic heterocycles. The highest BCUT2D eigenvalue weighted by molar-refractivity contribution is 6.39. The number of pyridine rings is 1. The highest BCUT2D eigenvalue weighted by Crippen LogP contribution is 2.32. The Morgan fingerprint density at radius 1 is 1.06 bits per heavy atom. The number of nitrogens with zero attached hydrogens (tertiary/aromatic N) is 4. The lowest BCUT2D eigenvalue weighted by Gasteiger charge is -2.29. The number of hydrogen-bond acceptors (Lipinski definition) is 6. The van der Waals surface area contributed by atoms with E-state index in [4.69, 9.17) is 23.2 Å². The van der Waals surface area contributed by atoms with Gasteiger partial charge in [-0.2, -0.15) is 18.2 Å². The van der Waals surface area contributed by atoms with Crippen LogP contribution in [0.25, 0.3) is 0 Å². The van der Waals surface area contributed by atoms with E-state index in [1.54, 1.807) is 24.3 Å². The van der Waals surface area contributed by atoms with Gasteiger partial charge in [0, 0.05) is 31.8 Å². The van der Waals surface area contributed by atoms with Gasteiger partial charge in [0.05, 0.1) is 15.6 Å². The van der Waals surface area contributed by atoms with Crippen LogP contribution in [0.15, 0.2) is 42.6 Å². The Balaban J connectivity index is 1.57. The molecule has 1 fully saturated rings. The minimum absolute atomic E-state index is 0.0539. The Labute approximate surface area is 208 Å². The topological polar surface area (TPSA) is 71.0 Å². The number of carbonyl (C=O) groups is 1. The Morgan fingerprint density at radius 2 is 1.74 bits per heavy atom. The highest BCUT2D eigenvalue weighted by atomic mass is 35.5. The number of Topliss-reactive ketones (excluding diaryl/α,β-unsaturated/α-hetero) is 1. The molecule has 0 atom stereocenters. The van der Waals surface area contributed by atoms with Gasteiger partial charge >= 0.3 is 6.18 Å². The van der Waals surface area contributed by atoms with Crippen LogP contribution in [0, 0.1) is 0 Å². The van der Waals surface area contributed by atoms with Gasteiger partial charge in [0.15, 0.2) is 11.5 Å². The molecule has 1 aromatic carbocycles. The molecule has 1 N–H and O–H groups in total. The molecule has 4 rings (SSSR count). The summed E-state index contributed by atoms with van der Waals surface area (Å²) in [7, 11) is 0. The van der Waals surface area contributed by atoms with Gasteiger partial charge in [-0.1, -0.05) is 29.3 Å². The van der Waals surface area contributed by atoms with Gasteiger partial charge in [-0.05, 0) is 42.7 Å². The van der Waals surface area contributed by atoms with Crippen molar-refractivity contribution in [2.45, 2.75) is 31.6 Å². The molecule has 0 aliphatic carbocycles. The Bertz CT molecular complexity index is 1210. The molecule has 184 valence electrons. The Hall–Kier alpha value is -2.98. The number of aromatic nitrogens is 3. The average molecular weight is 528 g/mol. The molecule has 1 saturated heterocycles.